The summed E-state index contributed by atoms with van der Waals surface area (Å²) in [6, 6.07) is 3.79. The van der Waals surface area contributed by atoms with Gasteiger partial charge in [0.1, 0.15) is 4.99 Å². The number of thiocarbonyl (C=S) groups is 1. The van der Waals surface area contributed by atoms with Crippen molar-refractivity contribution in [2.75, 3.05) is 24.6 Å². The summed E-state index contributed by atoms with van der Waals surface area (Å²) in [5.41, 5.74) is 4.64. The van der Waals surface area contributed by atoms with Gasteiger partial charge in [0.2, 0.25) is 0 Å². The van der Waals surface area contributed by atoms with Crippen LogP contribution in [0.15, 0.2) is 18.2 Å². The molecule has 0 bridgehead atoms. The van der Waals surface area contributed by atoms with E-state index in [4.69, 9.17) is 10.8 Å². The number of alkyl halides is 3. The molecule has 1 aromatic rings. The summed E-state index contributed by atoms with van der Waals surface area (Å²) in [5, 5.41) is 8.90. The summed E-state index contributed by atoms with van der Waals surface area (Å²) in [6.45, 7) is 2.42. The zero-order valence-corrected chi connectivity index (χ0v) is 11.2. The van der Waals surface area contributed by atoms with Crippen molar-refractivity contribution in [1.29, 1.82) is 0 Å². The van der Waals surface area contributed by atoms with Gasteiger partial charge in [0.25, 0.3) is 0 Å². The molecule has 0 aromatic heterocycles. The van der Waals surface area contributed by atoms with Gasteiger partial charge in [-0.25, -0.2) is 0 Å². The largest absolute Gasteiger partial charge is 0.417 e. The predicted octanol–water partition coefficient (Wildman–Crippen LogP) is 2.16. The van der Waals surface area contributed by atoms with Crippen LogP contribution in [-0.4, -0.2) is 29.8 Å². The van der Waals surface area contributed by atoms with Gasteiger partial charge in [-0.2, -0.15) is 13.2 Å². The Bertz CT molecular complexity index is 463. The van der Waals surface area contributed by atoms with Crippen LogP contribution >= 0.6 is 12.2 Å². The number of nitrogens with zero attached hydrogens (tertiary/aromatic N) is 1. The molecule has 1 aromatic carbocycles. The number of hydrogen-bond donors (Lipinski definition) is 2. The number of rotatable bonds is 5. The van der Waals surface area contributed by atoms with Gasteiger partial charge >= 0.3 is 6.18 Å². The highest BCUT2D eigenvalue weighted by Crippen LogP contribution is 2.34. The second kappa shape index (κ2) is 6.21. The molecule has 0 unspecified atom stereocenters. The molecule has 0 spiro atoms. The molecule has 0 radical (unpaired) electrons. The molecular weight excluding hydrogens is 277 g/mol. The number of nitrogens with two attached hydrogens (primary N) is 1. The van der Waals surface area contributed by atoms with Gasteiger partial charge in [0.05, 0.1) is 12.2 Å². The van der Waals surface area contributed by atoms with E-state index in [9.17, 15) is 13.2 Å². The van der Waals surface area contributed by atoms with Gasteiger partial charge < -0.3 is 15.7 Å². The van der Waals surface area contributed by atoms with Gasteiger partial charge in [-0.15, -0.1) is 0 Å². The van der Waals surface area contributed by atoms with Crippen molar-refractivity contribution in [1.82, 2.24) is 0 Å². The number of benzene rings is 1. The van der Waals surface area contributed by atoms with Crippen LogP contribution in [0.4, 0.5) is 18.9 Å². The predicted molar refractivity (Wildman–Crippen MR) is 72.3 cm³/mol. The Morgan fingerprint density at radius 3 is 2.47 bits per heavy atom. The molecule has 0 aliphatic heterocycles. The lowest BCUT2D eigenvalue weighted by molar-refractivity contribution is -0.137. The van der Waals surface area contributed by atoms with Crippen molar-refractivity contribution >= 4 is 22.9 Å². The SMILES string of the molecule is CCN(CCO)c1ccc(C(N)=S)c(C(F)(F)F)c1. The Hall–Kier alpha value is -1.34. The van der Waals surface area contributed by atoms with Crippen molar-refractivity contribution in [2.24, 2.45) is 5.73 Å². The van der Waals surface area contributed by atoms with Gasteiger partial charge in [-0.3, -0.25) is 0 Å². The number of aliphatic hydroxyl groups excluding tert-OH is 1. The molecule has 7 heteroatoms. The van der Waals surface area contributed by atoms with Crippen LogP contribution in [0.3, 0.4) is 0 Å². The third kappa shape index (κ3) is 3.81. The number of aliphatic hydroxyl groups is 1. The molecule has 0 atom stereocenters. The Kier molecular flexibility index (Phi) is 5.13. The molecular formula is C12H15F3N2OS. The topological polar surface area (TPSA) is 49.5 Å². The average molecular weight is 292 g/mol. The fourth-order valence-electron chi connectivity index (χ4n) is 1.77. The highest BCUT2D eigenvalue weighted by atomic mass is 32.1. The zero-order valence-electron chi connectivity index (χ0n) is 10.4. The third-order valence-corrected chi connectivity index (χ3v) is 2.91. The highest BCUT2D eigenvalue weighted by molar-refractivity contribution is 7.80. The van der Waals surface area contributed by atoms with Crippen LogP contribution in [0.1, 0.15) is 18.1 Å². The van der Waals surface area contributed by atoms with Crippen LogP contribution in [0.2, 0.25) is 0 Å². The van der Waals surface area contributed by atoms with Crippen molar-refractivity contribution in [3.8, 4) is 0 Å². The second-order valence-electron chi connectivity index (χ2n) is 3.90. The van der Waals surface area contributed by atoms with Crippen molar-refractivity contribution in [3.63, 3.8) is 0 Å². The minimum absolute atomic E-state index is 0.133. The van der Waals surface area contributed by atoms with E-state index in [1.807, 2.05) is 0 Å². The smallest absolute Gasteiger partial charge is 0.395 e. The molecule has 0 saturated heterocycles. The maximum Gasteiger partial charge on any atom is 0.417 e. The maximum atomic E-state index is 13.0. The highest BCUT2D eigenvalue weighted by Gasteiger charge is 2.34. The van der Waals surface area contributed by atoms with Crippen molar-refractivity contribution in [2.45, 2.75) is 13.1 Å². The Morgan fingerprint density at radius 1 is 1.42 bits per heavy atom. The first-order valence-corrected chi connectivity index (χ1v) is 6.09. The summed E-state index contributed by atoms with van der Waals surface area (Å²) in [7, 11) is 0. The van der Waals surface area contributed by atoms with E-state index in [-0.39, 0.29) is 23.7 Å². The first-order valence-electron chi connectivity index (χ1n) is 5.68. The number of likely N-dealkylation sites (N-methyl/N-ethyl adjacent to an activating group) is 1. The van der Waals surface area contributed by atoms with Crippen molar-refractivity contribution < 1.29 is 18.3 Å². The van der Waals surface area contributed by atoms with Gasteiger partial charge in [0, 0.05) is 24.3 Å². The molecule has 0 heterocycles. The average Bonchev–Trinajstić information content (AvgIpc) is 2.34. The van der Waals surface area contributed by atoms with Crippen LogP contribution in [-0.2, 0) is 6.18 Å². The fraction of sp³-hybridized carbons (Fsp3) is 0.417. The first kappa shape index (κ1) is 15.7. The lowest BCUT2D eigenvalue weighted by Gasteiger charge is -2.24. The van der Waals surface area contributed by atoms with Crippen LogP contribution in [0.5, 0.6) is 0 Å². The minimum Gasteiger partial charge on any atom is -0.395 e. The minimum atomic E-state index is -4.52. The third-order valence-electron chi connectivity index (χ3n) is 2.69. The molecule has 1 rings (SSSR count). The lowest BCUT2D eigenvalue weighted by atomic mass is 10.1. The molecule has 0 amide bonds. The van der Waals surface area contributed by atoms with E-state index in [1.165, 1.54) is 12.1 Å². The van der Waals surface area contributed by atoms with E-state index in [0.29, 0.717) is 12.2 Å². The number of hydrogen-bond acceptors (Lipinski definition) is 3. The molecule has 0 fully saturated rings. The van der Waals surface area contributed by atoms with E-state index in [0.717, 1.165) is 6.07 Å². The Labute approximate surface area is 114 Å². The maximum absolute atomic E-state index is 13.0. The second-order valence-corrected chi connectivity index (χ2v) is 4.33. The summed E-state index contributed by atoms with van der Waals surface area (Å²) >= 11 is 4.63. The van der Waals surface area contributed by atoms with E-state index < -0.39 is 11.7 Å². The Morgan fingerprint density at radius 2 is 2.05 bits per heavy atom. The van der Waals surface area contributed by atoms with Gasteiger partial charge in [0.15, 0.2) is 0 Å². The Balaban J connectivity index is 3.29. The molecule has 0 aliphatic carbocycles. The summed E-state index contributed by atoms with van der Waals surface area (Å²) < 4.78 is 38.9. The number of anilines is 1. The van der Waals surface area contributed by atoms with Gasteiger partial charge in [-0.05, 0) is 25.1 Å². The van der Waals surface area contributed by atoms with Crippen molar-refractivity contribution in [3.05, 3.63) is 29.3 Å². The summed E-state index contributed by atoms with van der Waals surface area (Å²) in [5.74, 6) is 0. The normalized spacial score (nSPS) is 11.4. The van der Waals surface area contributed by atoms with Crippen LogP contribution in [0, 0.1) is 0 Å². The molecule has 19 heavy (non-hydrogen) atoms. The summed E-state index contributed by atoms with van der Waals surface area (Å²) in [4.78, 5) is 1.35. The monoisotopic (exact) mass is 292 g/mol. The standard InChI is InChI=1S/C12H15F3N2OS/c1-2-17(5-6-18)8-3-4-9(11(16)19)10(7-8)12(13,14)15/h3-4,7,18H,2,5-6H2,1H3,(H2,16,19). The van der Waals surface area contributed by atoms with E-state index in [2.05, 4.69) is 12.2 Å². The fourth-order valence-corrected chi connectivity index (χ4v) is 1.95. The first-order chi connectivity index (χ1) is 8.81. The zero-order chi connectivity index (χ0) is 14.6. The molecule has 0 saturated carbocycles. The van der Waals surface area contributed by atoms with Crippen LogP contribution < -0.4 is 10.6 Å². The van der Waals surface area contributed by atoms with Gasteiger partial charge in [-0.1, -0.05) is 12.2 Å². The van der Waals surface area contributed by atoms with E-state index in [1.54, 1.807) is 11.8 Å². The molecule has 3 N–H and O–H groups in total. The molecule has 106 valence electrons. The van der Waals surface area contributed by atoms with E-state index >= 15 is 0 Å². The van der Waals surface area contributed by atoms with Crippen LogP contribution in [0.25, 0.3) is 0 Å². The number of halogens is 3. The molecule has 0 aliphatic rings. The summed E-state index contributed by atoms with van der Waals surface area (Å²) in [6.07, 6.45) is -4.52. The quantitative estimate of drug-likeness (QED) is 0.817. The lowest BCUT2D eigenvalue weighted by Crippen LogP contribution is -2.27. The molecule has 3 nitrogen and oxygen atoms in total.